The van der Waals surface area contributed by atoms with Gasteiger partial charge in [-0.05, 0) is 29.9 Å². The fourth-order valence-corrected chi connectivity index (χ4v) is 1.74. The standard InChI is InChI=1S/C12H16N2O2S/c1-9(2)10-4-6-11(7-5-10)13-12(17-3)8-14(15)16/h4-9,13H,1-3H3/b12-8-. The van der Waals surface area contributed by atoms with Crippen LogP contribution in [-0.4, -0.2) is 11.2 Å². The number of hydrogen-bond donors (Lipinski definition) is 1. The summed E-state index contributed by atoms with van der Waals surface area (Å²) in [7, 11) is 0. The number of nitrogens with one attached hydrogen (secondary N) is 1. The fourth-order valence-electron chi connectivity index (χ4n) is 1.33. The van der Waals surface area contributed by atoms with Gasteiger partial charge in [0.2, 0.25) is 0 Å². The van der Waals surface area contributed by atoms with Crippen molar-refractivity contribution in [2.24, 2.45) is 0 Å². The van der Waals surface area contributed by atoms with Crippen molar-refractivity contribution in [2.45, 2.75) is 19.8 Å². The number of thioether (sulfide) groups is 1. The average Bonchev–Trinajstić information content (AvgIpc) is 2.28. The highest BCUT2D eigenvalue weighted by molar-refractivity contribution is 8.02. The normalized spacial score (nSPS) is 11.6. The third-order valence-electron chi connectivity index (χ3n) is 2.29. The van der Waals surface area contributed by atoms with Crippen LogP contribution in [0.1, 0.15) is 25.3 Å². The van der Waals surface area contributed by atoms with Gasteiger partial charge in [-0.15, -0.1) is 11.8 Å². The van der Waals surface area contributed by atoms with Gasteiger partial charge in [-0.1, -0.05) is 26.0 Å². The second kappa shape index (κ2) is 6.30. The predicted molar refractivity (Wildman–Crippen MR) is 72.7 cm³/mol. The maximum Gasteiger partial charge on any atom is 0.264 e. The highest BCUT2D eigenvalue weighted by atomic mass is 32.2. The van der Waals surface area contributed by atoms with Crippen LogP contribution in [0.5, 0.6) is 0 Å². The molecule has 4 nitrogen and oxygen atoms in total. The van der Waals surface area contributed by atoms with Gasteiger partial charge in [0.1, 0.15) is 5.03 Å². The van der Waals surface area contributed by atoms with Crippen LogP contribution in [0.2, 0.25) is 0 Å². The van der Waals surface area contributed by atoms with E-state index in [2.05, 4.69) is 19.2 Å². The molecule has 1 aromatic rings. The molecule has 0 aliphatic heterocycles. The number of nitro groups is 1. The van der Waals surface area contributed by atoms with E-state index in [1.807, 2.05) is 24.3 Å². The predicted octanol–water partition coefficient (Wildman–Crippen LogP) is 3.66. The minimum atomic E-state index is -0.457. The molecule has 0 aromatic heterocycles. The van der Waals surface area contributed by atoms with E-state index < -0.39 is 4.92 Å². The molecule has 0 saturated carbocycles. The summed E-state index contributed by atoms with van der Waals surface area (Å²) in [6, 6.07) is 7.91. The van der Waals surface area contributed by atoms with Crippen LogP contribution in [0, 0.1) is 10.1 Å². The molecule has 5 heteroatoms. The van der Waals surface area contributed by atoms with Gasteiger partial charge < -0.3 is 5.32 Å². The minimum absolute atomic E-state index is 0.457. The Morgan fingerprint density at radius 2 is 2.00 bits per heavy atom. The summed E-state index contributed by atoms with van der Waals surface area (Å²) < 4.78 is 0. The summed E-state index contributed by atoms with van der Waals surface area (Å²) in [4.78, 5) is 9.92. The first-order chi connectivity index (χ1) is 8.02. The Hall–Kier alpha value is -1.49. The summed E-state index contributed by atoms with van der Waals surface area (Å²) in [5, 5.41) is 13.9. The fraction of sp³-hybridized carbons (Fsp3) is 0.333. The molecule has 0 aliphatic rings. The Kier molecular flexibility index (Phi) is 5.03. The van der Waals surface area contributed by atoms with Crippen molar-refractivity contribution in [3.63, 3.8) is 0 Å². The van der Waals surface area contributed by atoms with Crippen molar-refractivity contribution in [1.29, 1.82) is 0 Å². The summed E-state index contributed by atoms with van der Waals surface area (Å²) in [5.41, 5.74) is 2.11. The van der Waals surface area contributed by atoms with Gasteiger partial charge in [0.05, 0.1) is 4.92 Å². The van der Waals surface area contributed by atoms with Crippen LogP contribution in [0.15, 0.2) is 35.5 Å². The van der Waals surface area contributed by atoms with Gasteiger partial charge in [0.25, 0.3) is 6.20 Å². The van der Waals surface area contributed by atoms with Gasteiger partial charge in [0, 0.05) is 5.69 Å². The molecule has 0 saturated heterocycles. The second-order valence-corrected chi connectivity index (χ2v) is 4.73. The molecule has 17 heavy (non-hydrogen) atoms. The molecule has 0 fully saturated rings. The lowest BCUT2D eigenvalue weighted by Crippen LogP contribution is -1.99. The zero-order valence-corrected chi connectivity index (χ0v) is 11.0. The Bertz CT molecular complexity index is 413. The number of rotatable bonds is 5. The maximum absolute atomic E-state index is 10.4. The van der Waals surface area contributed by atoms with Crippen LogP contribution in [0.3, 0.4) is 0 Å². The molecule has 92 valence electrons. The van der Waals surface area contributed by atoms with Crippen LogP contribution >= 0.6 is 11.8 Å². The van der Waals surface area contributed by atoms with Crippen LogP contribution in [0.4, 0.5) is 5.69 Å². The summed E-state index contributed by atoms with van der Waals surface area (Å²) in [5.74, 6) is 0.485. The molecule has 1 rings (SSSR count). The SMILES string of the molecule is CS/C(=C\[N+](=O)[O-])Nc1ccc(C(C)C)cc1. The van der Waals surface area contributed by atoms with Gasteiger partial charge in [0.15, 0.2) is 0 Å². The third-order valence-corrected chi connectivity index (χ3v) is 2.93. The van der Waals surface area contributed by atoms with Crippen molar-refractivity contribution < 1.29 is 4.92 Å². The molecule has 0 bridgehead atoms. The summed E-state index contributed by atoms with van der Waals surface area (Å²) >= 11 is 1.31. The zero-order chi connectivity index (χ0) is 12.8. The largest absolute Gasteiger partial charge is 0.345 e. The van der Waals surface area contributed by atoms with E-state index >= 15 is 0 Å². The molecule has 1 N–H and O–H groups in total. The lowest BCUT2D eigenvalue weighted by molar-refractivity contribution is -0.402. The van der Waals surface area contributed by atoms with Crippen molar-refractivity contribution in [3.05, 3.63) is 51.2 Å². The van der Waals surface area contributed by atoms with Crippen LogP contribution in [0.25, 0.3) is 0 Å². The van der Waals surface area contributed by atoms with Gasteiger partial charge in [-0.3, -0.25) is 10.1 Å². The number of benzene rings is 1. The molecule has 0 aliphatic carbocycles. The van der Waals surface area contributed by atoms with Crippen molar-refractivity contribution >= 4 is 17.4 Å². The van der Waals surface area contributed by atoms with Gasteiger partial charge in [-0.25, -0.2) is 0 Å². The summed E-state index contributed by atoms with van der Waals surface area (Å²) in [6.07, 6.45) is 2.77. The molecule has 1 aromatic carbocycles. The lowest BCUT2D eigenvalue weighted by atomic mass is 10.0. The van der Waals surface area contributed by atoms with E-state index in [9.17, 15) is 10.1 Å². The summed E-state index contributed by atoms with van der Waals surface area (Å²) in [6.45, 7) is 4.25. The Labute approximate surface area is 105 Å². The molecule has 0 heterocycles. The molecule has 0 spiro atoms. The molecular formula is C12H16N2O2S. The first-order valence-corrected chi connectivity index (χ1v) is 6.51. The number of hydrogen-bond acceptors (Lipinski definition) is 4. The number of anilines is 1. The topological polar surface area (TPSA) is 55.2 Å². The lowest BCUT2D eigenvalue weighted by Gasteiger charge is -2.09. The second-order valence-electron chi connectivity index (χ2n) is 3.88. The Morgan fingerprint density at radius 1 is 1.41 bits per heavy atom. The Morgan fingerprint density at radius 3 is 2.41 bits per heavy atom. The minimum Gasteiger partial charge on any atom is -0.345 e. The monoisotopic (exact) mass is 252 g/mol. The highest BCUT2D eigenvalue weighted by Crippen LogP contribution is 2.20. The maximum atomic E-state index is 10.4. The molecule has 0 atom stereocenters. The van der Waals surface area contributed by atoms with E-state index in [0.717, 1.165) is 11.9 Å². The number of nitrogens with zero attached hydrogens (tertiary/aromatic N) is 1. The first kappa shape index (κ1) is 13.6. The van der Waals surface area contributed by atoms with Crippen molar-refractivity contribution in [2.75, 3.05) is 11.6 Å². The van der Waals surface area contributed by atoms with Crippen LogP contribution < -0.4 is 5.32 Å². The molecule has 0 amide bonds. The zero-order valence-electron chi connectivity index (χ0n) is 10.1. The van der Waals surface area contributed by atoms with E-state index in [1.54, 1.807) is 6.26 Å². The van der Waals surface area contributed by atoms with E-state index in [-0.39, 0.29) is 0 Å². The third kappa shape index (κ3) is 4.48. The molecular weight excluding hydrogens is 236 g/mol. The Balaban J connectivity index is 2.77. The average molecular weight is 252 g/mol. The van der Waals surface area contributed by atoms with Crippen LogP contribution in [-0.2, 0) is 0 Å². The molecule has 0 radical (unpaired) electrons. The smallest absolute Gasteiger partial charge is 0.264 e. The van der Waals surface area contributed by atoms with Crippen molar-refractivity contribution in [1.82, 2.24) is 0 Å². The van der Waals surface area contributed by atoms with Gasteiger partial charge in [-0.2, -0.15) is 0 Å². The molecule has 0 unspecified atom stereocenters. The quantitative estimate of drug-likeness (QED) is 0.642. The first-order valence-electron chi connectivity index (χ1n) is 5.29. The van der Waals surface area contributed by atoms with Crippen molar-refractivity contribution in [3.8, 4) is 0 Å². The van der Waals surface area contributed by atoms with E-state index in [1.165, 1.54) is 17.3 Å². The highest BCUT2D eigenvalue weighted by Gasteiger charge is 2.03. The van der Waals surface area contributed by atoms with E-state index in [0.29, 0.717) is 10.9 Å². The van der Waals surface area contributed by atoms with E-state index in [4.69, 9.17) is 0 Å². The van der Waals surface area contributed by atoms with Gasteiger partial charge >= 0.3 is 0 Å².